The van der Waals surface area contributed by atoms with Crippen molar-refractivity contribution in [3.8, 4) is 0 Å². The zero-order chi connectivity index (χ0) is 31.7. The molecule has 240 valence electrons. The highest BCUT2D eigenvalue weighted by Crippen LogP contribution is 2.33. The largest absolute Gasteiger partial charge is 0.309 e. The summed E-state index contributed by atoms with van der Waals surface area (Å²) in [6, 6.07) is 6.16. The highest BCUT2D eigenvalue weighted by molar-refractivity contribution is 6.02. The van der Waals surface area contributed by atoms with Crippen LogP contribution in [0.1, 0.15) is 129 Å². The number of carbonyl (C=O) groups excluding carboxylic acids is 1. The number of nitrogens with zero attached hydrogens (tertiary/aromatic N) is 2. The minimum atomic E-state index is 0.255. The molecule has 2 unspecified atom stereocenters. The molecular weight excluding hydrogens is 538 g/mol. The van der Waals surface area contributed by atoms with E-state index in [4.69, 9.17) is 4.98 Å². The van der Waals surface area contributed by atoms with E-state index in [0.717, 1.165) is 72.5 Å². The topological polar surface area (TPSA) is 54.4 Å². The number of ketones is 1. The summed E-state index contributed by atoms with van der Waals surface area (Å²) in [4.78, 5) is 17.8. The molecule has 0 radical (unpaired) electrons. The van der Waals surface area contributed by atoms with Crippen LogP contribution in [0.2, 0.25) is 0 Å². The number of nitrogens with one attached hydrogen (secondary N) is 1. The van der Waals surface area contributed by atoms with Gasteiger partial charge in [0.25, 0.3) is 0 Å². The van der Waals surface area contributed by atoms with E-state index in [1.807, 2.05) is 26.0 Å². The van der Waals surface area contributed by atoms with Gasteiger partial charge in [-0.25, -0.2) is 0 Å². The van der Waals surface area contributed by atoms with Gasteiger partial charge in [0.05, 0.1) is 11.4 Å². The number of aromatic nitrogens is 1. The fourth-order valence-corrected chi connectivity index (χ4v) is 6.60. The van der Waals surface area contributed by atoms with Crippen LogP contribution in [0.5, 0.6) is 0 Å². The van der Waals surface area contributed by atoms with Crippen LogP contribution in [0.4, 0.5) is 0 Å². The molecule has 0 spiro atoms. The Hall–Kier alpha value is -3.01. The first-order valence-corrected chi connectivity index (χ1v) is 17.5. The average molecular weight is 598 g/mol. The number of hydrogen-bond acceptors (Lipinski definition) is 4. The van der Waals surface area contributed by atoms with E-state index in [-0.39, 0.29) is 5.78 Å². The zero-order valence-electron chi connectivity index (χ0n) is 28.5. The second-order valence-corrected chi connectivity index (χ2v) is 13.2. The lowest BCUT2D eigenvalue weighted by atomic mass is 9.79. The van der Waals surface area contributed by atoms with E-state index in [0.29, 0.717) is 24.2 Å². The van der Waals surface area contributed by atoms with Gasteiger partial charge in [-0.05, 0) is 100.0 Å². The Bertz CT molecular complexity index is 1230. The zero-order valence-corrected chi connectivity index (χ0v) is 28.5. The van der Waals surface area contributed by atoms with Gasteiger partial charge in [-0.2, -0.15) is 5.10 Å². The average Bonchev–Trinajstić information content (AvgIpc) is 3.48. The minimum Gasteiger partial charge on any atom is -0.309 e. The molecule has 1 aromatic heterocycles. The molecule has 1 aromatic rings. The monoisotopic (exact) mass is 597 g/mol. The molecule has 0 amide bonds. The van der Waals surface area contributed by atoms with Gasteiger partial charge in [-0.1, -0.05) is 102 Å². The van der Waals surface area contributed by atoms with Gasteiger partial charge in [0.1, 0.15) is 0 Å². The quantitative estimate of drug-likeness (QED) is 0.110. The fourth-order valence-electron chi connectivity index (χ4n) is 6.60. The lowest BCUT2D eigenvalue weighted by Crippen LogP contribution is -2.27. The van der Waals surface area contributed by atoms with E-state index in [1.165, 1.54) is 51.4 Å². The Labute approximate surface area is 269 Å². The summed E-state index contributed by atoms with van der Waals surface area (Å²) in [6.07, 6.45) is 26.9. The first-order chi connectivity index (χ1) is 21.3. The Morgan fingerprint density at radius 1 is 1.07 bits per heavy atom. The summed E-state index contributed by atoms with van der Waals surface area (Å²) in [6.45, 7) is 16.1. The number of hydrazone groups is 1. The normalized spacial score (nSPS) is 21.3. The lowest BCUT2D eigenvalue weighted by Gasteiger charge is -2.25. The summed E-state index contributed by atoms with van der Waals surface area (Å²) in [7, 11) is 0. The molecule has 1 aliphatic heterocycles. The van der Waals surface area contributed by atoms with E-state index in [2.05, 4.69) is 74.3 Å². The standard InChI is InChI=1S/C40H59N3O/c1-7-18-33(27-30(3)4)20-14-12-10-9-11-13-15-24-39(44)34(8-2)28-36-22-17-21-35(26-25-31(36)5)37-29-41-43-40(37)38-23-16-19-32(6)42-38/h8,16-17,19,22-23,27-28,30,35,37,41H,5,7,9-15,18,20-21,24-26,29H2,1-4,6H3/b22-17+,33-27+,34-8+,36-28-. The summed E-state index contributed by atoms with van der Waals surface area (Å²) < 4.78 is 0. The van der Waals surface area contributed by atoms with E-state index < -0.39 is 0 Å². The molecule has 1 aliphatic carbocycles. The highest BCUT2D eigenvalue weighted by atomic mass is 16.1. The molecule has 3 rings (SSSR count). The lowest BCUT2D eigenvalue weighted by molar-refractivity contribution is -0.115. The predicted octanol–water partition coefficient (Wildman–Crippen LogP) is 10.6. The first kappa shape index (κ1) is 35.5. The van der Waals surface area contributed by atoms with Gasteiger partial charge in [0.15, 0.2) is 5.78 Å². The smallest absolute Gasteiger partial charge is 0.162 e. The van der Waals surface area contributed by atoms with E-state index in [9.17, 15) is 4.79 Å². The molecule has 44 heavy (non-hydrogen) atoms. The number of rotatable bonds is 17. The molecule has 0 fully saturated rings. The third-order valence-electron chi connectivity index (χ3n) is 9.03. The molecule has 0 bridgehead atoms. The molecule has 2 atom stereocenters. The Kier molecular flexibility index (Phi) is 15.6. The van der Waals surface area contributed by atoms with Crippen molar-refractivity contribution >= 4 is 11.5 Å². The maximum atomic E-state index is 13.1. The van der Waals surface area contributed by atoms with E-state index >= 15 is 0 Å². The first-order valence-electron chi connectivity index (χ1n) is 17.5. The van der Waals surface area contributed by atoms with Gasteiger partial charge >= 0.3 is 0 Å². The Morgan fingerprint density at radius 2 is 1.80 bits per heavy atom. The SMILES string of the molecule is C=C1CCC(C2CNN=C2c2cccc(C)n2)C/C=C/C1=C/C(=C\C)C(=O)CCCCCCCCC/C(=C/C(C)C)CCC. The van der Waals surface area contributed by atoms with Crippen LogP contribution in [0.25, 0.3) is 0 Å². The van der Waals surface area contributed by atoms with Crippen molar-refractivity contribution in [3.63, 3.8) is 0 Å². The molecule has 0 aromatic carbocycles. The maximum Gasteiger partial charge on any atom is 0.162 e. The number of aryl methyl sites for hydroxylation is 1. The van der Waals surface area contributed by atoms with Crippen LogP contribution in [-0.2, 0) is 4.79 Å². The van der Waals surface area contributed by atoms with Gasteiger partial charge < -0.3 is 5.43 Å². The van der Waals surface area contributed by atoms with Gasteiger partial charge in [0, 0.05) is 30.2 Å². The van der Waals surface area contributed by atoms with Gasteiger partial charge in [0.2, 0.25) is 0 Å². The van der Waals surface area contributed by atoms with Crippen molar-refractivity contribution in [1.82, 2.24) is 10.4 Å². The van der Waals surface area contributed by atoms with Crippen molar-refractivity contribution in [2.45, 2.75) is 125 Å². The number of allylic oxidation sites excluding steroid dienone is 9. The van der Waals surface area contributed by atoms with Crippen LogP contribution in [-0.4, -0.2) is 23.0 Å². The van der Waals surface area contributed by atoms with Gasteiger partial charge in [-0.15, -0.1) is 0 Å². The second-order valence-electron chi connectivity index (χ2n) is 13.2. The summed E-state index contributed by atoms with van der Waals surface area (Å²) in [5, 5.41) is 4.63. The van der Waals surface area contributed by atoms with Crippen molar-refractivity contribution in [3.05, 3.63) is 88.8 Å². The predicted molar refractivity (Wildman–Crippen MR) is 189 cm³/mol. The molecule has 1 N–H and O–H groups in total. The maximum absolute atomic E-state index is 13.1. The molecule has 2 heterocycles. The molecular formula is C40H59N3O. The summed E-state index contributed by atoms with van der Waals surface area (Å²) in [5.74, 6) is 1.73. The second kappa shape index (κ2) is 19.4. The third kappa shape index (κ3) is 11.8. The van der Waals surface area contributed by atoms with Crippen molar-refractivity contribution in [1.29, 1.82) is 0 Å². The fraction of sp³-hybridized carbons (Fsp3) is 0.575. The number of hydrogen-bond donors (Lipinski definition) is 1. The summed E-state index contributed by atoms with van der Waals surface area (Å²) >= 11 is 0. The molecule has 0 saturated heterocycles. The number of carbonyl (C=O) groups is 1. The van der Waals surface area contributed by atoms with Crippen LogP contribution < -0.4 is 5.43 Å². The molecule has 0 saturated carbocycles. The van der Waals surface area contributed by atoms with Crippen molar-refractivity contribution in [2.24, 2.45) is 22.9 Å². The summed E-state index contributed by atoms with van der Waals surface area (Å²) in [5.41, 5.74) is 11.0. The van der Waals surface area contributed by atoms with Crippen LogP contribution >= 0.6 is 0 Å². The molecule has 2 aliphatic rings. The minimum absolute atomic E-state index is 0.255. The molecule has 4 nitrogen and oxygen atoms in total. The van der Waals surface area contributed by atoms with Crippen LogP contribution in [0.3, 0.4) is 0 Å². The van der Waals surface area contributed by atoms with Gasteiger partial charge in [-0.3, -0.25) is 9.78 Å². The van der Waals surface area contributed by atoms with Crippen LogP contribution in [0, 0.1) is 24.7 Å². The van der Waals surface area contributed by atoms with Crippen LogP contribution in [0.15, 0.2) is 82.6 Å². The highest BCUT2D eigenvalue weighted by Gasteiger charge is 2.31. The third-order valence-corrected chi connectivity index (χ3v) is 9.03. The van der Waals surface area contributed by atoms with Crippen molar-refractivity contribution < 1.29 is 4.79 Å². The molecule has 4 heteroatoms. The van der Waals surface area contributed by atoms with E-state index in [1.54, 1.807) is 5.57 Å². The van der Waals surface area contributed by atoms with Crippen molar-refractivity contribution in [2.75, 3.05) is 6.54 Å². The Morgan fingerprint density at radius 3 is 2.48 bits per heavy atom. The number of Topliss-reactive ketones (excluding diaryl/α,β-unsaturated/α-hetero) is 1. The Balaban J connectivity index is 1.41. The number of pyridine rings is 1. The number of unbranched alkanes of at least 4 members (excludes halogenated alkanes) is 6.